The molecule has 0 aromatic carbocycles. The summed E-state index contributed by atoms with van der Waals surface area (Å²) >= 11 is 0. The number of carbonyl (C=O) groups excluding carboxylic acids is 1. The fraction of sp³-hybridized carbons (Fsp3) is 0.750. The van der Waals surface area contributed by atoms with Crippen molar-refractivity contribution in [2.75, 3.05) is 13.1 Å². The van der Waals surface area contributed by atoms with Gasteiger partial charge in [-0.15, -0.1) is 0 Å². The molecule has 0 N–H and O–H groups in total. The number of hydrogen-bond acceptors (Lipinski definition) is 2. The van der Waals surface area contributed by atoms with Gasteiger partial charge in [-0.1, -0.05) is 6.42 Å². The minimum Gasteiger partial charge on any atom is -0.340 e. The molecule has 1 aromatic heterocycles. The fourth-order valence-electron chi connectivity index (χ4n) is 4.65. The minimum absolute atomic E-state index is 0.338. The lowest BCUT2D eigenvalue weighted by Gasteiger charge is -2.36. The van der Waals surface area contributed by atoms with Crippen LogP contribution >= 0.6 is 0 Å². The van der Waals surface area contributed by atoms with E-state index in [1.54, 1.807) is 0 Å². The van der Waals surface area contributed by atoms with Gasteiger partial charge < -0.3 is 4.90 Å². The van der Waals surface area contributed by atoms with Gasteiger partial charge in [0.25, 0.3) is 0 Å². The number of fused-ring (bicyclic) bond motifs is 2. The van der Waals surface area contributed by atoms with Gasteiger partial charge in [0, 0.05) is 31.4 Å². The molecule has 1 saturated heterocycles. The highest BCUT2D eigenvalue weighted by molar-refractivity contribution is 5.79. The fourth-order valence-corrected chi connectivity index (χ4v) is 4.65. The number of aromatic nitrogens is 2. The van der Waals surface area contributed by atoms with Crippen molar-refractivity contribution in [1.29, 1.82) is 0 Å². The second kappa shape index (κ2) is 4.90. The third kappa shape index (κ3) is 2.05. The predicted molar refractivity (Wildman–Crippen MR) is 76.0 cm³/mol. The summed E-state index contributed by atoms with van der Waals surface area (Å²) in [6, 6.07) is 2.35. The highest BCUT2D eigenvalue weighted by atomic mass is 16.2. The first kappa shape index (κ1) is 12.4. The molecule has 4 rings (SSSR count). The lowest BCUT2D eigenvalue weighted by molar-refractivity contribution is -0.139. The molecule has 1 aliphatic heterocycles. The van der Waals surface area contributed by atoms with Crippen LogP contribution in [0.5, 0.6) is 0 Å². The van der Waals surface area contributed by atoms with E-state index in [4.69, 9.17) is 0 Å². The first-order chi connectivity index (χ1) is 9.81. The van der Waals surface area contributed by atoms with Crippen LogP contribution in [-0.2, 0) is 4.79 Å². The largest absolute Gasteiger partial charge is 0.340 e. The van der Waals surface area contributed by atoms with E-state index in [1.807, 2.05) is 23.1 Å². The van der Waals surface area contributed by atoms with Crippen LogP contribution in [0.3, 0.4) is 0 Å². The summed E-state index contributed by atoms with van der Waals surface area (Å²) in [6.45, 7) is 1.80. The first-order valence-corrected chi connectivity index (χ1v) is 8.09. The second-order valence-electron chi connectivity index (χ2n) is 6.85. The van der Waals surface area contributed by atoms with Crippen molar-refractivity contribution in [1.82, 2.24) is 14.7 Å². The van der Waals surface area contributed by atoms with E-state index in [2.05, 4.69) is 10.00 Å². The average Bonchev–Trinajstić information content (AvgIpc) is 3.23. The van der Waals surface area contributed by atoms with Gasteiger partial charge in [0.1, 0.15) is 0 Å². The molecular weight excluding hydrogens is 250 g/mol. The Bertz CT molecular complexity index is 484. The minimum atomic E-state index is 0.338. The van der Waals surface area contributed by atoms with Crippen LogP contribution in [0, 0.1) is 17.8 Å². The van der Waals surface area contributed by atoms with Gasteiger partial charge in [-0.2, -0.15) is 5.10 Å². The van der Waals surface area contributed by atoms with Crippen LogP contribution in [0.25, 0.3) is 0 Å². The second-order valence-corrected chi connectivity index (χ2v) is 6.85. The molecule has 4 nitrogen and oxygen atoms in total. The molecule has 108 valence electrons. The Labute approximate surface area is 120 Å². The van der Waals surface area contributed by atoms with Gasteiger partial charge in [0.05, 0.1) is 6.04 Å². The van der Waals surface area contributed by atoms with Crippen molar-refractivity contribution in [3.05, 3.63) is 18.5 Å². The number of likely N-dealkylation sites (tertiary alicyclic amines) is 1. The number of carbonyl (C=O) groups is 1. The molecular formula is C16H23N3O. The summed E-state index contributed by atoms with van der Waals surface area (Å²) in [7, 11) is 0. The predicted octanol–water partition coefficient (Wildman–Crippen LogP) is 2.48. The number of amides is 1. The van der Waals surface area contributed by atoms with Crippen LogP contribution in [0.1, 0.15) is 44.6 Å². The molecule has 0 unspecified atom stereocenters. The molecule has 4 atom stereocenters. The van der Waals surface area contributed by atoms with Crippen molar-refractivity contribution in [3.63, 3.8) is 0 Å². The lowest BCUT2D eigenvalue weighted by atomic mass is 9.87. The van der Waals surface area contributed by atoms with Gasteiger partial charge in [0.2, 0.25) is 5.91 Å². The topological polar surface area (TPSA) is 38.1 Å². The van der Waals surface area contributed by atoms with Crippen LogP contribution in [0.2, 0.25) is 0 Å². The van der Waals surface area contributed by atoms with Crippen LogP contribution in [0.15, 0.2) is 18.5 Å². The third-order valence-corrected chi connectivity index (χ3v) is 5.66. The summed E-state index contributed by atoms with van der Waals surface area (Å²) < 4.78 is 2.03. The lowest BCUT2D eigenvalue weighted by Crippen LogP contribution is -2.44. The first-order valence-electron chi connectivity index (χ1n) is 8.09. The maximum absolute atomic E-state index is 12.8. The van der Waals surface area contributed by atoms with E-state index in [1.165, 1.54) is 19.3 Å². The van der Waals surface area contributed by atoms with Gasteiger partial charge in [-0.25, -0.2) is 0 Å². The maximum atomic E-state index is 12.8. The molecule has 20 heavy (non-hydrogen) atoms. The van der Waals surface area contributed by atoms with Crippen LogP contribution < -0.4 is 0 Å². The van der Waals surface area contributed by atoms with Gasteiger partial charge in [-0.05, 0) is 50.0 Å². The number of nitrogens with zero attached hydrogens (tertiary/aromatic N) is 3. The Hall–Kier alpha value is -1.32. The molecule has 2 aliphatic carbocycles. The van der Waals surface area contributed by atoms with E-state index < -0.39 is 0 Å². The van der Waals surface area contributed by atoms with E-state index >= 15 is 0 Å². The molecule has 3 fully saturated rings. The van der Waals surface area contributed by atoms with Crippen molar-refractivity contribution in [2.24, 2.45) is 17.8 Å². The molecule has 0 radical (unpaired) electrons. The van der Waals surface area contributed by atoms with Crippen molar-refractivity contribution < 1.29 is 4.79 Å². The molecule has 0 spiro atoms. The Morgan fingerprint density at radius 2 is 2.15 bits per heavy atom. The quantitative estimate of drug-likeness (QED) is 0.830. The Balaban J connectivity index is 1.44. The van der Waals surface area contributed by atoms with Gasteiger partial charge in [0.15, 0.2) is 0 Å². The van der Waals surface area contributed by atoms with Crippen LogP contribution in [0.4, 0.5) is 0 Å². The van der Waals surface area contributed by atoms with Crippen LogP contribution in [-0.4, -0.2) is 33.7 Å². The zero-order valence-corrected chi connectivity index (χ0v) is 11.9. The zero-order chi connectivity index (χ0) is 13.5. The monoisotopic (exact) mass is 273 g/mol. The van der Waals surface area contributed by atoms with Gasteiger partial charge >= 0.3 is 0 Å². The Morgan fingerprint density at radius 3 is 2.85 bits per heavy atom. The summed E-state index contributed by atoms with van der Waals surface area (Å²) in [5.74, 6) is 2.32. The number of hydrogen-bond donors (Lipinski definition) is 0. The third-order valence-electron chi connectivity index (χ3n) is 5.66. The van der Waals surface area contributed by atoms with Gasteiger partial charge in [-0.3, -0.25) is 9.48 Å². The Kier molecular flexibility index (Phi) is 3.04. The van der Waals surface area contributed by atoms with Crippen molar-refractivity contribution in [2.45, 2.75) is 44.6 Å². The highest BCUT2D eigenvalue weighted by Gasteiger charge is 2.44. The summed E-state index contributed by atoms with van der Waals surface area (Å²) in [4.78, 5) is 14.9. The molecule has 1 amide bonds. The molecule has 2 heterocycles. The average molecular weight is 273 g/mol. The maximum Gasteiger partial charge on any atom is 0.226 e. The van der Waals surface area contributed by atoms with Crippen molar-refractivity contribution >= 4 is 5.91 Å². The van der Waals surface area contributed by atoms with E-state index in [-0.39, 0.29) is 0 Å². The summed E-state index contributed by atoms with van der Waals surface area (Å²) in [5.41, 5.74) is 0. The molecule has 2 bridgehead atoms. The van der Waals surface area contributed by atoms with E-state index in [0.717, 1.165) is 38.3 Å². The molecule has 4 heteroatoms. The summed E-state index contributed by atoms with van der Waals surface area (Å²) in [5, 5.41) is 4.35. The zero-order valence-electron chi connectivity index (χ0n) is 11.9. The van der Waals surface area contributed by atoms with Crippen molar-refractivity contribution in [3.8, 4) is 0 Å². The summed E-state index contributed by atoms with van der Waals surface area (Å²) in [6.07, 6.45) is 11.2. The highest BCUT2D eigenvalue weighted by Crippen LogP contribution is 2.49. The van der Waals surface area contributed by atoms with E-state index in [9.17, 15) is 4.79 Å². The normalized spacial score (nSPS) is 36.5. The standard InChI is InChI=1S/C16H23N3O/c20-16(15-10-12-4-5-13(15)9-12)18-7-1-3-14(11-18)19-8-2-6-17-19/h2,6,8,12-15H,1,3-5,7,9-11H2/t12-,13-,14+,15-/m0/s1. The molecule has 1 aromatic rings. The smallest absolute Gasteiger partial charge is 0.226 e. The number of piperidine rings is 1. The van der Waals surface area contributed by atoms with E-state index in [0.29, 0.717) is 23.8 Å². The molecule has 2 saturated carbocycles. The SMILES string of the molecule is O=C([C@H]1C[C@H]2CC[C@H]1C2)N1CCC[C@@H](n2cccn2)C1. The number of rotatable bonds is 2. The Morgan fingerprint density at radius 1 is 1.20 bits per heavy atom. The molecule has 3 aliphatic rings.